The summed E-state index contributed by atoms with van der Waals surface area (Å²) in [7, 11) is 1.23. The number of halogens is 4. The van der Waals surface area contributed by atoms with Crippen LogP contribution in [0.25, 0.3) is 22.2 Å². The summed E-state index contributed by atoms with van der Waals surface area (Å²) < 4.78 is 46.3. The fraction of sp³-hybridized carbons (Fsp3) is 0.350. The van der Waals surface area contributed by atoms with Gasteiger partial charge in [-0.1, -0.05) is 6.07 Å². The minimum Gasteiger partial charge on any atom is -0.453 e. The number of ether oxygens (including phenoxy) is 1. The highest BCUT2D eigenvalue weighted by molar-refractivity contribution is 9.10. The predicted molar refractivity (Wildman–Crippen MR) is 117 cm³/mol. The second-order valence-corrected chi connectivity index (χ2v) is 8.26. The lowest BCUT2D eigenvalue weighted by atomic mass is 10.1. The van der Waals surface area contributed by atoms with Gasteiger partial charge in [0.05, 0.1) is 28.5 Å². The third kappa shape index (κ3) is 4.24. The van der Waals surface area contributed by atoms with Crippen LogP contribution in [-0.4, -0.2) is 40.2 Å². The van der Waals surface area contributed by atoms with Crippen molar-refractivity contribution < 1.29 is 22.7 Å². The number of methoxy groups -OCH3 is 1. The van der Waals surface area contributed by atoms with Crippen molar-refractivity contribution in [2.24, 2.45) is 5.73 Å². The first-order valence-electron chi connectivity index (χ1n) is 9.80. The zero-order chi connectivity index (χ0) is 23.0. The SMILES string of the molecule is COC(=O)Nc1ccc2c(-c3nc(N[C@H]4CCC[C@H]4N)ncc3C(F)(F)F)c[nH]c2c1Br. The maximum Gasteiger partial charge on any atom is 0.419 e. The van der Waals surface area contributed by atoms with Gasteiger partial charge in [-0.25, -0.2) is 14.8 Å². The molecule has 8 nitrogen and oxygen atoms in total. The van der Waals surface area contributed by atoms with Gasteiger partial charge in [0.15, 0.2) is 0 Å². The minimum atomic E-state index is -4.65. The normalized spacial score (nSPS) is 18.7. The molecule has 5 N–H and O–H groups in total. The molecule has 2 heterocycles. The number of fused-ring (bicyclic) bond motifs is 1. The highest BCUT2D eigenvalue weighted by atomic mass is 79.9. The van der Waals surface area contributed by atoms with Gasteiger partial charge in [-0.05, 0) is 41.3 Å². The second kappa shape index (κ2) is 8.58. The average molecular weight is 513 g/mol. The van der Waals surface area contributed by atoms with Crippen LogP contribution >= 0.6 is 15.9 Å². The quantitative estimate of drug-likeness (QED) is 0.395. The van der Waals surface area contributed by atoms with Crippen LogP contribution in [0.5, 0.6) is 0 Å². The Kier molecular flexibility index (Phi) is 5.99. The fourth-order valence-corrected chi connectivity index (χ4v) is 4.37. The van der Waals surface area contributed by atoms with Crippen molar-refractivity contribution in [3.05, 3.63) is 34.6 Å². The van der Waals surface area contributed by atoms with Crippen molar-refractivity contribution in [1.29, 1.82) is 0 Å². The van der Waals surface area contributed by atoms with E-state index in [2.05, 4.69) is 46.3 Å². The Morgan fingerprint density at radius 1 is 1.34 bits per heavy atom. The van der Waals surface area contributed by atoms with Crippen LogP contribution in [0.4, 0.5) is 29.6 Å². The molecule has 0 unspecified atom stereocenters. The van der Waals surface area contributed by atoms with E-state index in [9.17, 15) is 18.0 Å². The summed E-state index contributed by atoms with van der Waals surface area (Å²) in [6, 6.07) is 2.96. The molecule has 1 saturated carbocycles. The van der Waals surface area contributed by atoms with Gasteiger partial charge >= 0.3 is 12.3 Å². The van der Waals surface area contributed by atoms with Crippen LogP contribution < -0.4 is 16.4 Å². The number of hydrogen-bond acceptors (Lipinski definition) is 6. The van der Waals surface area contributed by atoms with Crippen molar-refractivity contribution in [3.63, 3.8) is 0 Å². The number of aromatic amines is 1. The third-order valence-electron chi connectivity index (χ3n) is 5.45. The number of amides is 1. The van der Waals surface area contributed by atoms with E-state index in [4.69, 9.17) is 5.73 Å². The Morgan fingerprint density at radius 3 is 2.78 bits per heavy atom. The molecule has 2 atom stereocenters. The van der Waals surface area contributed by atoms with Gasteiger partial charge in [-0.2, -0.15) is 13.2 Å². The van der Waals surface area contributed by atoms with E-state index in [1.54, 1.807) is 12.1 Å². The summed E-state index contributed by atoms with van der Waals surface area (Å²) in [5.41, 5.74) is 5.99. The molecule has 1 aromatic carbocycles. The van der Waals surface area contributed by atoms with E-state index in [0.717, 1.165) is 25.5 Å². The molecule has 1 aliphatic rings. The topological polar surface area (TPSA) is 118 Å². The summed E-state index contributed by atoms with van der Waals surface area (Å²) in [5.74, 6) is 0.0905. The van der Waals surface area contributed by atoms with E-state index in [-0.39, 0.29) is 29.3 Å². The van der Waals surface area contributed by atoms with Crippen molar-refractivity contribution >= 4 is 44.6 Å². The molecule has 12 heteroatoms. The number of H-pyrrole nitrogens is 1. The number of alkyl halides is 3. The highest BCUT2D eigenvalue weighted by Crippen LogP contribution is 2.41. The molecule has 0 radical (unpaired) electrons. The molecule has 1 fully saturated rings. The lowest BCUT2D eigenvalue weighted by Crippen LogP contribution is -2.35. The summed E-state index contributed by atoms with van der Waals surface area (Å²) >= 11 is 3.38. The molecule has 0 saturated heterocycles. The van der Waals surface area contributed by atoms with Crippen LogP contribution in [0.15, 0.2) is 29.0 Å². The largest absolute Gasteiger partial charge is 0.453 e. The van der Waals surface area contributed by atoms with Crippen molar-refractivity contribution in [3.8, 4) is 11.3 Å². The number of hydrogen-bond donors (Lipinski definition) is 4. The maximum atomic E-state index is 13.8. The number of anilines is 2. The standard InChI is InChI=1S/C20H20BrF3N6O2/c1-32-19(31)29-14-6-5-9-10(7-26-17(9)15(14)21)16-11(20(22,23)24)8-27-18(30-16)28-13-4-2-3-12(13)25/h5-8,12-13,26H,2-4,25H2,1H3,(H,29,31)(H,27,28,30)/t12-,13+/m1/s1. The Hall–Kier alpha value is -2.86. The molecular weight excluding hydrogens is 493 g/mol. The van der Waals surface area contributed by atoms with Crippen molar-refractivity contribution in [1.82, 2.24) is 15.0 Å². The summed E-state index contributed by atoms with van der Waals surface area (Å²) in [4.78, 5) is 22.6. The number of carbonyl (C=O) groups is 1. The number of carbonyl (C=O) groups excluding carboxylic acids is 1. The van der Waals surface area contributed by atoms with Gasteiger partial charge in [-0.15, -0.1) is 0 Å². The lowest BCUT2D eigenvalue weighted by Gasteiger charge is -2.19. The van der Waals surface area contributed by atoms with Gasteiger partial charge in [0.2, 0.25) is 5.95 Å². The number of nitrogens with one attached hydrogen (secondary N) is 3. The fourth-order valence-electron chi connectivity index (χ4n) is 3.82. The van der Waals surface area contributed by atoms with Crippen LogP contribution in [-0.2, 0) is 10.9 Å². The minimum absolute atomic E-state index is 0.0905. The monoisotopic (exact) mass is 512 g/mol. The molecular formula is C20H20BrF3N6O2. The summed E-state index contributed by atoms with van der Waals surface area (Å²) in [5, 5.41) is 6.09. The predicted octanol–water partition coefficient (Wildman–Crippen LogP) is 4.88. The van der Waals surface area contributed by atoms with E-state index in [1.165, 1.54) is 13.3 Å². The van der Waals surface area contributed by atoms with Gasteiger partial charge in [-0.3, -0.25) is 5.32 Å². The first-order chi connectivity index (χ1) is 15.2. The molecule has 0 aliphatic heterocycles. The number of benzene rings is 1. The Morgan fingerprint density at radius 2 is 2.12 bits per heavy atom. The van der Waals surface area contributed by atoms with Crippen LogP contribution in [0.2, 0.25) is 0 Å². The summed E-state index contributed by atoms with van der Waals surface area (Å²) in [6.07, 6.45) is -0.518. The van der Waals surface area contributed by atoms with Gasteiger partial charge in [0.1, 0.15) is 5.56 Å². The van der Waals surface area contributed by atoms with Gasteiger partial charge in [0, 0.05) is 35.4 Å². The van der Waals surface area contributed by atoms with E-state index in [1.807, 2.05) is 0 Å². The van der Waals surface area contributed by atoms with Crippen molar-refractivity contribution in [2.75, 3.05) is 17.7 Å². The molecule has 0 bridgehead atoms. The maximum absolute atomic E-state index is 13.8. The first kappa shape index (κ1) is 22.3. The lowest BCUT2D eigenvalue weighted by molar-refractivity contribution is -0.137. The van der Waals surface area contributed by atoms with E-state index >= 15 is 0 Å². The van der Waals surface area contributed by atoms with Gasteiger partial charge < -0.3 is 20.8 Å². The first-order valence-corrected chi connectivity index (χ1v) is 10.6. The zero-order valence-corrected chi connectivity index (χ0v) is 18.5. The van der Waals surface area contributed by atoms with Crippen LogP contribution in [0, 0.1) is 0 Å². The number of rotatable bonds is 4. The molecule has 2 aromatic heterocycles. The molecule has 1 amide bonds. The smallest absolute Gasteiger partial charge is 0.419 e. The number of nitrogens with two attached hydrogens (primary N) is 1. The Labute approximate surface area is 189 Å². The van der Waals surface area contributed by atoms with E-state index in [0.29, 0.717) is 21.1 Å². The van der Waals surface area contributed by atoms with Gasteiger partial charge in [0.25, 0.3) is 0 Å². The molecule has 1 aliphatic carbocycles. The van der Waals surface area contributed by atoms with Crippen LogP contribution in [0.3, 0.4) is 0 Å². The van der Waals surface area contributed by atoms with Crippen LogP contribution in [0.1, 0.15) is 24.8 Å². The summed E-state index contributed by atoms with van der Waals surface area (Å²) in [6.45, 7) is 0. The Balaban J connectivity index is 1.79. The number of aromatic nitrogens is 3. The second-order valence-electron chi connectivity index (χ2n) is 7.47. The highest BCUT2D eigenvalue weighted by Gasteiger charge is 2.36. The zero-order valence-electron chi connectivity index (χ0n) is 16.9. The Bertz CT molecular complexity index is 1170. The van der Waals surface area contributed by atoms with E-state index < -0.39 is 17.8 Å². The van der Waals surface area contributed by atoms with Crippen molar-refractivity contribution in [2.45, 2.75) is 37.5 Å². The molecule has 170 valence electrons. The third-order valence-corrected chi connectivity index (χ3v) is 6.27. The molecule has 4 rings (SSSR count). The number of nitrogens with zero attached hydrogens (tertiary/aromatic N) is 2. The molecule has 0 spiro atoms. The molecule has 3 aromatic rings. The average Bonchev–Trinajstić information content (AvgIpc) is 3.35. The molecule has 32 heavy (non-hydrogen) atoms.